The molecule has 0 spiro atoms. The molecule has 0 heterocycles. The van der Waals surface area contributed by atoms with Gasteiger partial charge in [0.05, 0.1) is 0 Å². The summed E-state index contributed by atoms with van der Waals surface area (Å²) in [5.41, 5.74) is 2.51. The van der Waals surface area contributed by atoms with Crippen molar-refractivity contribution in [1.82, 2.24) is 0 Å². The third kappa shape index (κ3) is 3.23. The molecule has 3 aromatic rings. The van der Waals surface area contributed by atoms with Gasteiger partial charge >= 0.3 is 0 Å². The summed E-state index contributed by atoms with van der Waals surface area (Å²) in [6, 6.07) is 23.9. The fraction of sp³-hybridized carbons (Fsp3) is 0.0500. The molecule has 22 heavy (non-hydrogen) atoms. The van der Waals surface area contributed by atoms with Crippen molar-refractivity contribution < 1.29 is 4.79 Å². The van der Waals surface area contributed by atoms with Crippen LogP contribution in [-0.2, 0) is 4.79 Å². The molecule has 0 aliphatic rings. The minimum atomic E-state index is -0.0839. The molecule has 108 valence electrons. The number of rotatable bonds is 3. The number of hydrogen-bond acceptors (Lipinski definition) is 1. The zero-order valence-corrected chi connectivity index (χ0v) is 12.4. The molecule has 0 radical (unpaired) electrons. The van der Waals surface area contributed by atoms with Gasteiger partial charge in [0.25, 0.3) is 5.91 Å². The second kappa shape index (κ2) is 6.27. The number of benzene rings is 3. The predicted molar refractivity (Wildman–Crippen MR) is 92.7 cm³/mol. The number of carbonyl (C=O) groups is 1. The standard InChI is InChI=1S/C20H17NO/c1-15(20(22)21-19-9-3-2-4-10-19)13-16-11-12-17-7-5-6-8-18(17)14-16/h2-14H,1H3,(H,21,22). The Bertz CT molecular complexity index is 834. The van der Waals surface area contributed by atoms with E-state index in [1.54, 1.807) is 0 Å². The summed E-state index contributed by atoms with van der Waals surface area (Å²) >= 11 is 0. The Morgan fingerprint density at radius 3 is 2.32 bits per heavy atom. The van der Waals surface area contributed by atoms with E-state index in [9.17, 15) is 4.79 Å². The van der Waals surface area contributed by atoms with E-state index in [1.165, 1.54) is 10.8 Å². The topological polar surface area (TPSA) is 29.1 Å². The Balaban J connectivity index is 1.81. The molecule has 3 rings (SSSR count). The second-order valence-electron chi connectivity index (χ2n) is 5.25. The first kappa shape index (κ1) is 14.1. The molecule has 2 nitrogen and oxygen atoms in total. The van der Waals surface area contributed by atoms with Gasteiger partial charge in [-0.05, 0) is 47.5 Å². The maximum Gasteiger partial charge on any atom is 0.251 e. The SMILES string of the molecule is CC(=Cc1ccc2ccccc2c1)C(=O)Nc1ccccc1. The number of anilines is 1. The highest BCUT2D eigenvalue weighted by molar-refractivity contribution is 6.06. The van der Waals surface area contributed by atoms with E-state index >= 15 is 0 Å². The van der Waals surface area contributed by atoms with Crippen molar-refractivity contribution in [1.29, 1.82) is 0 Å². The van der Waals surface area contributed by atoms with Gasteiger partial charge in [-0.15, -0.1) is 0 Å². The van der Waals surface area contributed by atoms with Crippen LogP contribution in [0.1, 0.15) is 12.5 Å². The largest absolute Gasteiger partial charge is 0.322 e. The normalized spacial score (nSPS) is 11.4. The van der Waals surface area contributed by atoms with E-state index in [-0.39, 0.29) is 5.91 Å². The van der Waals surface area contributed by atoms with Gasteiger partial charge < -0.3 is 5.32 Å². The summed E-state index contributed by atoms with van der Waals surface area (Å²) in [6.45, 7) is 1.83. The molecule has 0 saturated carbocycles. The molecule has 0 saturated heterocycles. The van der Waals surface area contributed by atoms with Crippen molar-refractivity contribution in [2.45, 2.75) is 6.92 Å². The van der Waals surface area contributed by atoms with Gasteiger partial charge in [-0.1, -0.05) is 54.6 Å². The number of amides is 1. The molecule has 0 unspecified atom stereocenters. The van der Waals surface area contributed by atoms with E-state index in [0.29, 0.717) is 5.57 Å². The molecule has 2 heteroatoms. The molecular weight excluding hydrogens is 270 g/mol. The molecular formula is C20H17NO. The fourth-order valence-corrected chi connectivity index (χ4v) is 2.36. The Morgan fingerprint density at radius 1 is 0.864 bits per heavy atom. The van der Waals surface area contributed by atoms with Crippen LogP contribution in [0, 0.1) is 0 Å². The highest BCUT2D eigenvalue weighted by atomic mass is 16.1. The predicted octanol–water partition coefficient (Wildman–Crippen LogP) is 4.88. The summed E-state index contributed by atoms with van der Waals surface area (Å²) in [4.78, 5) is 12.2. The molecule has 0 aromatic heterocycles. The highest BCUT2D eigenvalue weighted by Crippen LogP contribution is 2.18. The summed E-state index contributed by atoms with van der Waals surface area (Å²) in [6.07, 6.45) is 1.91. The van der Waals surface area contributed by atoms with E-state index in [0.717, 1.165) is 11.3 Å². The van der Waals surface area contributed by atoms with E-state index < -0.39 is 0 Å². The van der Waals surface area contributed by atoms with Crippen molar-refractivity contribution in [2.75, 3.05) is 5.32 Å². The monoisotopic (exact) mass is 287 g/mol. The van der Waals surface area contributed by atoms with Crippen LogP contribution in [0.4, 0.5) is 5.69 Å². The highest BCUT2D eigenvalue weighted by Gasteiger charge is 2.04. The summed E-state index contributed by atoms with van der Waals surface area (Å²) < 4.78 is 0. The smallest absolute Gasteiger partial charge is 0.251 e. The Labute approximate surface area is 130 Å². The molecule has 0 atom stereocenters. The lowest BCUT2D eigenvalue weighted by atomic mass is 10.1. The van der Waals surface area contributed by atoms with Crippen molar-refractivity contribution >= 4 is 28.4 Å². The van der Waals surface area contributed by atoms with Crippen LogP contribution in [0.5, 0.6) is 0 Å². The van der Waals surface area contributed by atoms with Gasteiger partial charge in [0, 0.05) is 11.3 Å². The van der Waals surface area contributed by atoms with Crippen molar-refractivity contribution in [3.63, 3.8) is 0 Å². The van der Waals surface area contributed by atoms with Gasteiger partial charge in [0.2, 0.25) is 0 Å². The zero-order chi connectivity index (χ0) is 15.4. The maximum atomic E-state index is 12.2. The second-order valence-corrected chi connectivity index (χ2v) is 5.25. The summed E-state index contributed by atoms with van der Waals surface area (Å²) in [5.74, 6) is -0.0839. The molecule has 1 amide bonds. The minimum Gasteiger partial charge on any atom is -0.322 e. The lowest BCUT2D eigenvalue weighted by molar-refractivity contribution is -0.112. The van der Waals surface area contributed by atoms with Crippen molar-refractivity contribution in [2.24, 2.45) is 0 Å². The quantitative estimate of drug-likeness (QED) is 0.683. The van der Waals surface area contributed by atoms with Crippen molar-refractivity contribution in [3.05, 3.63) is 83.9 Å². The average Bonchev–Trinajstić information content (AvgIpc) is 2.55. The lowest BCUT2D eigenvalue weighted by Gasteiger charge is -2.06. The summed E-state index contributed by atoms with van der Waals surface area (Å²) in [7, 11) is 0. The number of carbonyl (C=O) groups excluding carboxylic acids is 1. The Hall–Kier alpha value is -2.87. The van der Waals surface area contributed by atoms with Gasteiger partial charge in [0.1, 0.15) is 0 Å². The number of fused-ring (bicyclic) bond motifs is 1. The Morgan fingerprint density at radius 2 is 1.55 bits per heavy atom. The molecule has 3 aromatic carbocycles. The number of para-hydroxylation sites is 1. The van der Waals surface area contributed by atoms with Crippen LogP contribution in [0.25, 0.3) is 16.8 Å². The van der Waals surface area contributed by atoms with Crippen LogP contribution < -0.4 is 5.32 Å². The third-order valence-corrected chi connectivity index (χ3v) is 3.55. The first-order valence-corrected chi connectivity index (χ1v) is 7.26. The van der Waals surface area contributed by atoms with Gasteiger partial charge in [-0.25, -0.2) is 0 Å². The van der Waals surface area contributed by atoms with E-state index in [2.05, 4.69) is 29.6 Å². The lowest BCUT2D eigenvalue weighted by Crippen LogP contribution is -2.12. The Kier molecular flexibility index (Phi) is 4.01. The van der Waals surface area contributed by atoms with Crippen LogP contribution >= 0.6 is 0 Å². The minimum absolute atomic E-state index is 0.0839. The van der Waals surface area contributed by atoms with Crippen LogP contribution in [-0.4, -0.2) is 5.91 Å². The first-order valence-electron chi connectivity index (χ1n) is 7.26. The fourth-order valence-electron chi connectivity index (χ4n) is 2.36. The van der Waals surface area contributed by atoms with E-state index in [4.69, 9.17) is 0 Å². The molecule has 0 aliphatic carbocycles. The average molecular weight is 287 g/mol. The molecule has 0 fully saturated rings. The molecule has 0 bridgehead atoms. The van der Waals surface area contributed by atoms with Crippen LogP contribution in [0.2, 0.25) is 0 Å². The number of nitrogens with one attached hydrogen (secondary N) is 1. The van der Waals surface area contributed by atoms with Gasteiger partial charge in [-0.3, -0.25) is 4.79 Å². The van der Waals surface area contributed by atoms with Gasteiger partial charge in [0.15, 0.2) is 0 Å². The first-order chi connectivity index (χ1) is 10.7. The molecule has 0 aliphatic heterocycles. The maximum absolute atomic E-state index is 12.2. The number of hydrogen-bond donors (Lipinski definition) is 1. The van der Waals surface area contributed by atoms with E-state index in [1.807, 2.05) is 61.5 Å². The summed E-state index contributed by atoms with van der Waals surface area (Å²) in [5, 5.41) is 5.27. The zero-order valence-electron chi connectivity index (χ0n) is 12.4. The van der Waals surface area contributed by atoms with Crippen LogP contribution in [0.3, 0.4) is 0 Å². The van der Waals surface area contributed by atoms with Crippen molar-refractivity contribution in [3.8, 4) is 0 Å². The van der Waals surface area contributed by atoms with Crippen LogP contribution in [0.15, 0.2) is 78.4 Å². The van der Waals surface area contributed by atoms with Gasteiger partial charge in [-0.2, -0.15) is 0 Å². The molecule has 1 N–H and O–H groups in total. The third-order valence-electron chi connectivity index (χ3n) is 3.55.